The molecule has 8 heteroatoms. The molecule has 1 aromatic carbocycles. The summed E-state index contributed by atoms with van der Waals surface area (Å²) in [7, 11) is 0. The molecular weight excluding hydrogens is 408 g/mol. The summed E-state index contributed by atoms with van der Waals surface area (Å²) in [5.41, 5.74) is 1.65. The lowest BCUT2D eigenvalue weighted by Crippen LogP contribution is -2.35. The van der Waals surface area contributed by atoms with E-state index in [0.29, 0.717) is 29.4 Å². The summed E-state index contributed by atoms with van der Waals surface area (Å²) < 4.78 is 1.80. The number of amides is 2. The van der Waals surface area contributed by atoms with Crippen LogP contribution in [0.3, 0.4) is 0 Å². The van der Waals surface area contributed by atoms with Crippen molar-refractivity contribution in [2.24, 2.45) is 5.92 Å². The molecule has 3 aromatic rings. The van der Waals surface area contributed by atoms with Crippen molar-refractivity contribution in [1.29, 1.82) is 0 Å². The Bertz CT molecular complexity index is 1070. The Kier molecular flexibility index (Phi) is 5.61. The van der Waals surface area contributed by atoms with Crippen LogP contribution in [-0.4, -0.2) is 46.1 Å². The van der Waals surface area contributed by atoms with Gasteiger partial charge in [-0.1, -0.05) is 30.7 Å². The molecule has 6 nitrogen and oxygen atoms in total. The summed E-state index contributed by atoms with van der Waals surface area (Å²) in [4.78, 5) is 27.9. The van der Waals surface area contributed by atoms with E-state index in [0.717, 1.165) is 34.6 Å². The third kappa shape index (κ3) is 4.02. The van der Waals surface area contributed by atoms with Gasteiger partial charge in [-0.15, -0.1) is 11.3 Å². The van der Waals surface area contributed by atoms with Gasteiger partial charge in [-0.05, 0) is 37.5 Å². The van der Waals surface area contributed by atoms with E-state index in [9.17, 15) is 9.59 Å². The molecule has 0 bridgehead atoms. The van der Waals surface area contributed by atoms with Gasteiger partial charge in [0.15, 0.2) is 0 Å². The third-order valence-corrected chi connectivity index (χ3v) is 6.59. The molecule has 1 fully saturated rings. The Morgan fingerprint density at radius 1 is 1.38 bits per heavy atom. The number of benzene rings is 1. The number of nitrogens with one attached hydrogen (secondary N) is 1. The van der Waals surface area contributed by atoms with E-state index < -0.39 is 0 Å². The fraction of sp³-hybridized carbons (Fsp3) is 0.381. The predicted octanol–water partition coefficient (Wildman–Crippen LogP) is 4.04. The number of aryl methyl sites for hydroxylation is 1. The number of aromatic nitrogens is 2. The molecule has 4 rings (SSSR count). The average molecular weight is 431 g/mol. The van der Waals surface area contributed by atoms with Crippen molar-refractivity contribution in [3.05, 3.63) is 45.9 Å². The van der Waals surface area contributed by atoms with E-state index in [-0.39, 0.29) is 17.7 Å². The summed E-state index contributed by atoms with van der Waals surface area (Å²) in [5.74, 6) is 0.318. The van der Waals surface area contributed by atoms with E-state index in [1.165, 1.54) is 11.3 Å². The molecule has 1 aliphatic heterocycles. The average Bonchev–Trinajstić information content (AvgIpc) is 3.38. The highest BCUT2D eigenvalue weighted by atomic mass is 35.5. The number of para-hydroxylation sites is 1. The molecule has 2 aromatic heterocycles. The number of carbonyl (C=O) groups is 2. The maximum absolute atomic E-state index is 12.7. The molecule has 1 aliphatic rings. The van der Waals surface area contributed by atoms with Gasteiger partial charge in [0.25, 0.3) is 5.91 Å². The molecule has 1 atom stereocenters. The Morgan fingerprint density at radius 2 is 2.17 bits per heavy atom. The van der Waals surface area contributed by atoms with E-state index >= 15 is 0 Å². The number of nitrogens with zero attached hydrogens (tertiary/aromatic N) is 3. The van der Waals surface area contributed by atoms with Gasteiger partial charge >= 0.3 is 0 Å². The van der Waals surface area contributed by atoms with Crippen LogP contribution in [0.5, 0.6) is 0 Å². The molecule has 0 saturated carbocycles. The molecule has 152 valence electrons. The molecule has 0 radical (unpaired) electrons. The van der Waals surface area contributed by atoms with Crippen LogP contribution in [0.4, 0.5) is 0 Å². The molecule has 0 unspecified atom stereocenters. The monoisotopic (exact) mass is 430 g/mol. The predicted molar refractivity (Wildman–Crippen MR) is 116 cm³/mol. The van der Waals surface area contributed by atoms with Crippen LogP contribution >= 0.6 is 22.9 Å². The second kappa shape index (κ2) is 8.16. The van der Waals surface area contributed by atoms with Crippen LogP contribution in [0, 0.1) is 12.8 Å². The molecular formula is C21H23ClN4O2S. The van der Waals surface area contributed by atoms with Gasteiger partial charge in [-0.3, -0.25) is 9.59 Å². The molecule has 3 heterocycles. The number of thiophene rings is 1. The minimum absolute atomic E-state index is 0.101. The van der Waals surface area contributed by atoms with Crippen molar-refractivity contribution in [3.8, 4) is 5.69 Å². The van der Waals surface area contributed by atoms with Crippen LogP contribution in [0.15, 0.2) is 30.3 Å². The van der Waals surface area contributed by atoms with Crippen LogP contribution in [0.1, 0.15) is 35.1 Å². The molecule has 0 spiro atoms. The van der Waals surface area contributed by atoms with Crippen LogP contribution in [0.2, 0.25) is 5.02 Å². The van der Waals surface area contributed by atoms with E-state index in [2.05, 4.69) is 17.3 Å². The van der Waals surface area contributed by atoms with E-state index in [1.807, 2.05) is 42.2 Å². The summed E-state index contributed by atoms with van der Waals surface area (Å²) in [6.07, 6.45) is 1.57. The quantitative estimate of drug-likeness (QED) is 0.641. The second-order valence-corrected chi connectivity index (χ2v) is 8.97. The zero-order valence-electron chi connectivity index (χ0n) is 16.4. The number of likely N-dealkylation sites (tertiary alicyclic amines) is 1. The van der Waals surface area contributed by atoms with Crippen LogP contribution < -0.4 is 5.32 Å². The largest absolute Gasteiger partial charge is 0.351 e. The highest BCUT2D eigenvalue weighted by Crippen LogP contribution is 2.32. The highest BCUT2D eigenvalue weighted by Gasteiger charge is 2.22. The second-order valence-electron chi connectivity index (χ2n) is 7.54. The minimum Gasteiger partial charge on any atom is -0.351 e. The zero-order chi connectivity index (χ0) is 20.5. The lowest BCUT2D eigenvalue weighted by Gasteiger charge is -2.20. The highest BCUT2D eigenvalue weighted by molar-refractivity contribution is 7.20. The van der Waals surface area contributed by atoms with Crippen molar-refractivity contribution in [2.75, 3.05) is 19.6 Å². The Labute approximate surface area is 178 Å². The first kappa shape index (κ1) is 19.9. The van der Waals surface area contributed by atoms with Gasteiger partial charge in [0.05, 0.1) is 21.3 Å². The van der Waals surface area contributed by atoms with Gasteiger partial charge < -0.3 is 10.2 Å². The van der Waals surface area contributed by atoms with Crippen molar-refractivity contribution >= 4 is 45.0 Å². The maximum atomic E-state index is 12.7. The Balaban J connectivity index is 1.48. The number of fused-ring (bicyclic) bond motifs is 1. The maximum Gasteiger partial charge on any atom is 0.261 e. The van der Waals surface area contributed by atoms with Crippen LogP contribution in [0.25, 0.3) is 15.9 Å². The first-order valence-electron chi connectivity index (χ1n) is 9.74. The van der Waals surface area contributed by atoms with Crippen molar-refractivity contribution in [1.82, 2.24) is 20.0 Å². The number of rotatable bonds is 6. The molecule has 1 N–H and O–H groups in total. The van der Waals surface area contributed by atoms with E-state index in [1.54, 1.807) is 4.68 Å². The summed E-state index contributed by atoms with van der Waals surface area (Å²) in [5, 5.41) is 9.17. The molecule has 1 saturated heterocycles. The zero-order valence-corrected chi connectivity index (χ0v) is 18.0. The number of hydrogen-bond donors (Lipinski definition) is 1. The summed E-state index contributed by atoms with van der Waals surface area (Å²) >= 11 is 7.75. The van der Waals surface area contributed by atoms with Gasteiger partial charge in [-0.2, -0.15) is 5.10 Å². The fourth-order valence-electron chi connectivity index (χ4n) is 3.64. The molecule has 29 heavy (non-hydrogen) atoms. The van der Waals surface area contributed by atoms with Gasteiger partial charge in [0.2, 0.25) is 5.91 Å². The van der Waals surface area contributed by atoms with Crippen LogP contribution in [-0.2, 0) is 4.79 Å². The van der Waals surface area contributed by atoms with E-state index in [4.69, 9.17) is 11.6 Å². The standard InChI is InChI=1S/C21H23ClN4O2S/c1-13(12-25-9-5-8-19(25)27)11-23-20(28)18-10-15-14(2)24-26(21(15)29-18)17-7-4-3-6-16(17)22/h3-4,6-7,10,13H,5,8-9,11-12H2,1-2H3,(H,23,28)/t13-/m1/s1. The first-order valence-corrected chi connectivity index (χ1v) is 10.9. The van der Waals surface area contributed by atoms with Crippen molar-refractivity contribution < 1.29 is 9.59 Å². The summed E-state index contributed by atoms with van der Waals surface area (Å²) in [6.45, 7) is 6.03. The minimum atomic E-state index is -0.101. The smallest absolute Gasteiger partial charge is 0.261 e. The lowest BCUT2D eigenvalue weighted by molar-refractivity contribution is -0.128. The van der Waals surface area contributed by atoms with Crippen molar-refractivity contribution in [3.63, 3.8) is 0 Å². The summed E-state index contributed by atoms with van der Waals surface area (Å²) in [6, 6.07) is 9.42. The number of halogens is 1. The van der Waals surface area contributed by atoms with Crippen molar-refractivity contribution in [2.45, 2.75) is 26.7 Å². The Hall–Kier alpha value is -2.38. The SMILES string of the molecule is Cc1nn(-c2ccccc2Cl)c2sc(C(=O)NC[C@@H](C)CN3CCCC3=O)cc12. The Morgan fingerprint density at radius 3 is 2.90 bits per heavy atom. The van der Waals surface area contributed by atoms with Gasteiger partial charge in [-0.25, -0.2) is 4.68 Å². The number of carbonyl (C=O) groups excluding carboxylic acids is 2. The molecule has 2 amide bonds. The topological polar surface area (TPSA) is 67.2 Å². The number of hydrogen-bond acceptors (Lipinski definition) is 4. The first-order chi connectivity index (χ1) is 13.9. The molecule has 0 aliphatic carbocycles. The fourth-order valence-corrected chi connectivity index (χ4v) is 4.95. The van der Waals surface area contributed by atoms with Gasteiger partial charge in [0.1, 0.15) is 4.83 Å². The third-order valence-electron chi connectivity index (χ3n) is 5.16. The normalized spacial score (nSPS) is 15.3. The van der Waals surface area contributed by atoms with Gasteiger partial charge in [0, 0.05) is 31.4 Å². The lowest BCUT2D eigenvalue weighted by atomic mass is 10.1.